The van der Waals surface area contributed by atoms with Crippen LogP contribution in [-0.2, 0) is 0 Å². The van der Waals surface area contributed by atoms with E-state index < -0.39 is 0 Å². The van der Waals surface area contributed by atoms with Gasteiger partial charge in [-0.3, -0.25) is 4.40 Å². The summed E-state index contributed by atoms with van der Waals surface area (Å²) in [7, 11) is 0. The van der Waals surface area contributed by atoms with Crippen LogP contribution in [0.3, 0.4) is 0 Å². The Bertz CT molecular complexity index is 818. The number of benzene rings is 1. The summed E-state index contributed by atoms with van der Waals surface area (Å²) in [6, 6.07) is 8.69. The molecule has 0 saturated heterocycles. The molecule has 4 heteroatoms. The number of imidazole rings is 1. The number of nitrogen functional groups attached to an aromatic ring is 1. The zero-order chi connectivity index (χ0) is 14.4. The van der Waals surface area contributed by atoms with E-state index >= 15 is 0 Å². The minimum atomic E-state index is -0.282. The zero-order valence-corrected chi connectivity index (χ0v) is 11.7. The largest absolute Gasteiger partial charge is 0.383 e. The highest BCUT2D eigenvalue weighted by atomic mass is 19.1. The number of hydrogen-bond donors (Lipinski definition) is 1. The lowest BCUT2D eigenvalue weighted by Gasteiger charge is -2.05. The first kappa shape index (κ1) is 12.7. The Morgan fingerprint density at radius 3 is 2.60 bits per heavy atom. The standard InChI is InChI=1S/C16H16FN3/c1-9-6-11(3)20-14(7-9)19-15(16(20)18)13-8-12(17)5-4-10(13)2/h4-8H,18H2,1-3H3. The molecule has 1 aromatic carbocycles. The SMILES string of the molecule is Cc1cc(C)n2c(N)c(-c3cc(F)ccc3C)nc2c1. The van der Waals surface area contributed by atoms with Crippen molar-refractivity contribution >= 4 is 11.5 Å². The molecule has 2 aromatic heterocycles. The first-order valence-electron chi connectivity index (χ1n) is 6.49. The van der Waals surface area contributed by atoms with Gasteiger partial charge in [-0.1, -0.05) is 6.07 Å². The molecule has 102 valence electrons. The third kappa shape index (κ3) is 1.84. The van der Waals surface area contributed by atoms with Crippen LogP contribution in [0.4, 0.5) is 10.2 Å². The van der Waals surface area contributed by atoms with Crippen LogP contribution in [0.2, 0.25) is 0 Å². The lowest BCUT2D eigenvalue weighted by Crippen LogP contribution is -1.98. The number of nitrogens with zero attached hydrogens (tertiary/aromatic N) is 2. The highest BCUT2D eigenvalue weighted by Crippen LogP contribution is 2.30. The van der Waals surface area contributed by atoms with Crippen molar-refractivity contribution in [2.45, 2.75) is 20.8 Å². The van der Waals surface area contributed by atoms with Gasteiger partial charge in [0.15, 0.2) is 0 Å². The van der Waals surface area contributed by atoms with Gasteiger partial charge in [0, 0.05) is 11.3 Å². The molecule has 0 unspecified atom stereocenters. The summed E-state index contributed by atoms with van der Waals surface area (Å²) in [5, 5.41) is 0. The molecule has 0 aliphatic carbocycles. The van der Waals surface area contributed by atoms with Crippen LogP contribution in [0.25, 0.3) is 16.9 Å². The molecule has 0 bridgehead atoms. The van der Waals surface area contributed by atoms with Crippen molar-refractivity contribution in [1.82, 2.24) is 9.38 Å². The second kappa shape index (κ2) is 4.34. The first-order valence-corrected chi connectivity index (χ1v) is 6.49. The number of hydrogen-bond acceptors (Lipinski definition) is 2. The zero-order valence-electron chi connectivity index (χ0n) is 11.7. The van der Waals surface area contributed by atoms with E-state index in [4.69, 9.17) is 5.73 Å². The summed E-state index contributed by atoms with van der Waals surface area (Å²) in [5.74, 6) is 0.265. The lowest BCUT2D eigenvalue weighted by atomic mass is 10.1. The fourth-order valence-corrected chi connectivity index (χ4v) is 2.61. The van der Waals surface area contributed by atoms with Gasteiger partial charge < -0.3 is 5.73 Å². The van der Waals surface area contributed by atoms with E-state index in [0.29, 0.717) is 11.5 Å². The van der Waals surface area contributed by atoms with Crippen LogP contribution < -0.4 is 5.73 Å². The predicted molar refractivity (Wildman–Crippen MR) is 79.2 cm³/mol. The van der Waals surface area contributed by atoms with Crippen molar-refractivity contribution < 1.29 is 4.39 Å². The Hall–Kier alpha value is -2.36. The van der Waals surface area contributed by atoms with Crippen LogP contribution in [0.1, 0.15) is 16.8 Å². The summed E-state index contributed by atoms with van der Waals surface area (Å²) in [6.45, 7) is 5.93. The molecule has 3 aromatic rings. The third-order valence-corrected chi connectivity index (χ3v) is 3.54. The van der Waals surface area contributed by atoms with Gasteiger partial charge in [-0.25, -0.2) is 9.37 Å². The molecule has 0 aliphatic rings. The number of aromatic nitrogens is 2. The molecule has 0 spiro atoms. The van der Waals surface area contributed by atoms with Crippen LogP contribution in [0.5, 0.6) is 0 Å². The highest BCUT2D eigenvalue weighted by molar-refractivity contribution is 5.77. The van der Waals surface area contributed by atoms with Gasteiger partial charge in [0.05, 0.1) is 0 Å². The van der Waals surface area contributed by atoms with Crippen molar-refractivity contribution in [3.63, 3.8) is 0 Å². The molecule has 0 fully saturated rings. The molecule has 3 nitrogen and oxygen atoms in total. The van der Waals surface area contributed by atoms with Crippen LogP contribution in [0, 0.1) is 26.6 Å². The summed E-state index contributed by atoms with van der Waals surface area (Å²) >= 11 is 0. The van der Waals surface area contributed by atoms with Crippen molar-refractivity contribution in [2.75, 3.05) is 5.73 Å². The molecule has 0 atom stereocenters. The maximum Gasteiger partial charge on any atom is 0.139 e. The Labute approximate surface area is 116 Å². The van der Waals surface area contributed by atoms with Gasteiger partial charge in [0.25, 0.3) is 0 Å². The molecule has 0 radical (unpaired) electrons. The summed E-state index contributed by atoms with van der Waals surface area (Å²) in [5.41, 5.74) is 11.5. The van der Waals surface area contributed by atoms with Gasteiger partial charge >= 0.3 is 0 Å². The van der Waals surface area contributed by atoms with E-state index in [1.54, 1.807) is 6.07 Å². The maximum absolute atomic E-state index is 13.5. The fourth-order valence-electron chi connectivity index (χ4n) is 2.61. The number of fused-ring (bicyclic) bond motifs is 1. The van der Waals surface area contributed by atoms with Crippen molar-refractivity contribution in [1.29, 1.82) is 0 Å². The number of aryl methyl sites for hydroxylation is 3. The molecule has 2 N–H and O–H groups in total. The van der Waals surface area contributed by atoms with Crippen LogP contribution in [0.15, 0.2) is 30.3 Å². The molecular weight excluding hydrogens is 253 g/mol. The minimum absolute atomic E-state index is 0.282. The number of halogens is 1. The summed E-state index contributed by atoms with van der Waals surface area (Å²) in [6.07, 6.45) is 0. The molecule has 0 aliphatic heterocycles. The molecule has 2 heterocycles. The quantitative estimate of drug-likeness (QED) is 0.732. The smallest absolute Gasteiger partial charge is 0.139 e. The number of pyridine rings is 1. The van der Waals surface area contributed by atoms with Crippen molar-refractivity contribution in [3.05, 3.63) is 53.0 Å². The van der Waals surface area contributed by atoms with E-state index in [9.17, 15) is 4.39 Å². The Morgan fingerprint density at radius 1 is 1.10 bits per heavy atom. The molecule has 0 saturated carbocycles. The summed E-state index contributed by atoms with van der Waals surface area (Å²) < 4.78 is 15.4. The average Bonchev–Trinajstić information content (AvgIpc) is 2.69. The van der Waals surface area contributed by atoms with Gasteiger partial charge in [-0.15, -0.1) is 0 Å². The van der Waals surface area contributed by atoms with Crippen LogP contribution in [-0.4, -0.2) is 9.38 Å². The van der Waals surface area contributed by atoms with Gasteiger partial charge in [-0.2, -0.15) is 0 Å². The van der Waals surface area contributed by atoms with Gasteiger partial charge in [0.2, 0.25) is 0 Å². The second-order valence-electron chi connectivity index (χ2n) is 5.17. The molecule has 20 heavy (non-hydrogen) atoms. The number of rotatable bonds is 1. The highest BCUT2D eigenvalue weighted by Gasteiger charge is 2.15. The third-order valence-electron chi connectivity index (χ3n) is 3.54. The Kier molecular flexibility index (Phi) is 2.74. The average molecular weight is 269 g/mol. The van der Waals surface area contributed by atoms with Gasteiger partial charge in [0.1, 0.15) is 23.0 Å². The van der Waals surface area contributed by atoms with E-state index in [2.05, 4.69) is 4.98 Å². The van der Waals surface area contributed by atoms with E-state index in [1.807, 2.05) is 37.3 Å². The van der Waals surface area contributed by atoms with E-state index in [-0.39, 0.29) is 5.82 Å². The number of nitrogens with two attached hydrogens (primary N) is 1. The fraction of sp³-hybridized carbons (Fsp3) is 0.188. The van der Waals surface area contributed by atoms with Gasteiger partial charge in [-0.05, 0) is 56.2 Å². The number of anilines is 1. The Morgan fingerprint density at radius 2 is 1.85 bits per heavy atom. The topological polar surface area (TPSA) is 43.3 Å². The first-order chi connectivity index (χ1) is 9.47. The lowest BCUT2D eigenvalue weighted by molar-refractivity contribution is 0.628. The second-order valence-corrected chi connectivity index (χ2v) is 5.17. The molecular formula is C16H16FN3. The van der Waals surface area contributed by atoms with Crippen molar-refractivity contribution in [3.8, 4) is 11.3 Å². The maximum atomic E-state index is 13.5. The van der Waals surface area contributed by atoms with Crippen molar-refractivity contribution in [2.24, 2.45) is 0 Å². The molecule has 3 rings (SSSR count). The van der Waals surface area contributed by atoms with E-state index in [1.165, 1.54) is 12.1 Å². The van der Waals surface area contributed by atoms with Crippen LogP contribution >= 0.6 is 0 Å². The predicted octanol–water partition coefficient (Wildman–Crippen LogP) is 3.65. The van der Waals surface area contributed by atoms with E-state index in [0.717, 1.165) is 28.0 Å². The normalized spacial score (nSPS) is 11.2. The molecule has 0 amide bonds. The minimum Gasteiger partial charge on any atom is -0.383 e. The monoisotopic (exact) mass is 269 g/mol. The Balaban J connectivity index is 2.35. The summed E-state index contributed by atoms with van der Waals surface area (Å²) in [4.78, 5) is 4.58.